The molecule has 2 atom stereocenters. The van der Waals surface area contributed by atoms with Gasteiger partial charge in [0.15, 0.2) is 0 Å². The number of halogens is 1. The lowest BCUT2D eigenvalue weighted by Crippen LogP contribution is -2.26. The van der Waals surface area contributed by atoms with E-state index in [1.165, 1.54) is 16.7 Å². The maximum Gasteiger partial charge on any atom is 0.0448 e. The molecule has 0 aromatic heterocycles. The summed E-state index contributed by atoms with van der Waals surface area (Å²) < 4.78 is 0. The molecule has 0 spiro atoms. The van der Waals surface area contributed by atoms with Gasteiger partial charge in [0, 0.05) is 11.3 Å². The summed E-state index contributed by atoms with van der Waals surface area (Å²) in [7, 11) is 0. The molecule has 17 heavy (non-hydrogen) atoms. The van der Waals surface area contributed by atoms with Gasteiger partial charge in [-0.3, -0.25) is 0 Å². The lowest BCUT2D eigenvalue weighted by Gasteiger charge is -2.33. The SMILES string of the molecule is ClC(Cc1ccccc1)C1Cc2ccccc21. The van der Waals surface area contributed by atoms with Gasteiger partial charge in [-0.15, -0.1) is 11.6 Å². The van der Waals surface area contributed by atoms with Crippen LogP contribution in [0, 0.1) is 0 Å². The second-order valence-electron chi connectivity index (χ2n) is 4.72. The topological polar surface area (TPSA) is 0 Å². The van der Waals surface area contributed by atoms with Gasteiger partial charge in [-0.1, -0.05) is 54.6 Å². The average molecular weight is 243 g/mol. The quantitative estimate of drug-likeness (QED) is 0.709. The lowest BCUT2D eigenvalue weighted by molar-refractivity contribution is 0.567. The molecule has 0 radical (unpaired) electrons. The van der Waals surface area contributed by atoms with E-state index in [2.05, 4.69) is 48.5 Å². The van der Waals surface area contributed by atoms with Crippen molar-refractivity contribution in [3.05, 3.63) is 71.3 Å². The Kier molecular flexibility index (Phi) is 2.90. The Hall–Kier alpha value is -1.27. The number of rotatable bonds is 3. The van der Waals surface area contributed by atoms with Gasteiger partial charge >= 0.3 is 0 Å². The molecule has 0 heterocycles. The summed E-state index contributed by atoms with van der Waals surface area (Å²) in [5.74, 6) is 0.535. The third-order valence-corrected chi connectivity index (χ3v) is 4.06. The summed E-state index contributed by atoms with van der Waals surface area (Å²) in [5, 5.41) is 0.215. The second-order valence-corrected chi connectivity index (χ2v) is 5.28. The van der Waals surface area contributed by atoms with E-state index in [4.69, 9.17) is 11.6 Å². The molecule has 2 unspecified atom stereocenters. The van der Waals surface area contributed by atoms with E-state index in [0.29, 0.717) is 5.92 Å². The maximum atomic E-state index is 6.54. The highest BCUT2D eigenvalue weighted by molar-refractivity contribution is 6.21. The highest BCUT2D eigenvalue weighted by Crippen LogP contribution is 2.40. The van der Waals surface area contributed by atoms with Crippen LogP contribution in [0.2, 0.25) is 0 Å². The van der Waals surface area contributed by atoms with E-state index < -0.39 is 0 Å². The van der Waals surface area contributed by atoms with Crippen molar-refractivity contribution in [2.75, 3.05) is 0 Å². The fourth-order valence-electron chi connectivity index (χ4n) is 2.60. The standard InChI is InChI=1S/C16H15Cl/c17-16(10-12-6-2-1-3-7-12)15-11-13-8-4-5-9-14(13)15/h1-9,15-16H,10-11H2. The van der Waals surface area contributed by atoms with Crippen molar-refractivity contribution < 1.29 is 0 Å². The second kappa shape index (κ2) is 4.54. The number of benzene rings is 2. The van der Waals surface area contributed by atoms with E-state index >= 15 is 0 Å². The van der Waals surface area contributed by atoms with Gasteiger partial charge in [0.25, 0.3) is 0 Å². The van der Waals surface area contributed by atoms with Crippen LogP contribution in [0.15, 0.2) is 54.6 Å². The Morgan fingerprint density at radius 2 is 1.71 bits per heavy atom. The van der Waals surface area contributed by atoms with Crippen LogP contribution >= 0.6 is 11.6 Å². The first kappa shape index (κ1) is 10.9. The summed E-state index contributed by atoms with van der Waals surface area (Å²) in [6.45, 7) is 0. The number of hydrogen-bond donors (Lipinski definition) is 0. The number of hydrogen-bond acceptors (Lipinski definition) is 0. The lowest BCUT2D eigenvalue weighted by atomic mass is 9.74. The minimum atomic E-state index is 0.215. The fourth-order valence-corrected chi connectivity index (χ4v) is 3.00. The van der Waals surface area contributed by atoms with Crippen LogP contribution in [0.4, 0.5) is 0 Å². The van der Waals surface area contributed by atoms with Crippen LogP contribution in [-0.4, -0.2) is 5.38 Å². The minimum Gasteiger partial charge on any atom is -0.122 e. The summed E-state index contributed by atoms with van der Waals surface area (Å²) >= 11 is 6.54. The first-order valence-corrected chi connectivity index (χ1v) is 6.54. The molecular weight excluding hydrogens is 228 g/mol. The van der Waals surface area contributed by atoms with E-state index in [1.54, 1.807) is 0 Å². The Labute approximate surface area is 107 Å². The largest absolute Gasteiger partial charge is 0.122 e. The van der Waals surface area contributed by atoms with Crippen LogP contribution in [0.1, 0.15) is 22.6 Å². The minimum absolute atomic E-state index is 0.215. The van der Waals surface area contributed by atoms with Crippen molar-refractivity contribution in [2.45, 2.75) is 24.1 Å². The van der Waals surface area contributed by atoms with Gasteiger partial charge in [-0.25, -0.2) is 0 Å². The first-order chi connectivity index (χ1) is 8.34. The van der Waals surface area contributed by atoms with Crippen molar-refractivity contribution >= 4 is 11.6 Å². The normalized spacial score (nSPS) is 19.2. The van der Waals surface area contributed by atoms with Crippen molar-refractivity contribution in [3.8, 4) is 0 Å². The molecule has 1 heteroatoms. The van der Waals surface area contributed by atoms with Gasteiger partial charge < -0.3 is 0 Å². The number of fused-ring (bicyclic) bond motifs is 1. The molecule has 2 aromatic rings. The van der Waals surface area contributed by atoms with Crippen molar-refractivity contribution in [1.82, 2.24) is 0 Å². The third-order valence-electron chi connectivity index (χ3n) is 3.60. The zero-order chi connectivity index (χ0) is 11.7. The smallest absolute Gasteiger partial charge is 0.0448 e. The molecule has 86 valence electrons. The zero-order valence-electron chi connectivity index (χ0n) is 9.64. The third kappa shape index (κ3) is 2.10. The number of alkyl halides is 1. The molecular formula is C16H15Cl. The molecule has 1 aliphatic carbocycles. The predicted octanol–water partition coefficient (Wildman–Crippen LogP) is 4.18. The van der Waals surface area contributed by atoms with Gasteiger partial charge in [-0.2, -0.15) is 0 Å². The molecule has 0 saturated carbocycles. The van der Waals surface area contributed by atoms with Crippen molar-refractivity contribution in [1.29, 1.82) is 0 Å². The van der Waals surface area contributed by atoms with Crippen LogP contribution in [0.25, 0.3) is 0 Å². The van der Waals surface area contributed by atoms with Crippen molar-refractivity contribution in [2.24, 2.45) is 0 Å². The molecule has 1 aliphatic rings. The molecule has 0 N–H and O–H groups in total. The van der Waals surface area contributed by atoms with Gasteiger partial charge in [0.1, 0.15) is 0 Å². The van der Waals surface area contributed by atoms with Crippen LogP contribution in [0.5, 0.6) is 0 Å². The summed E-state index contributed by atoms with van der Waals surface area (Å²) in [6.07, 6.45) is 2.10. The van der Waals surface area contributed by atoms with Gasteiger partial charge in [0.2, 0.25) is 0 Å². The van der Waals surface area contributed by atoms with E-state index in [1.807, 2.05) is 6.07 Å². The van der Waals surface area contributed by atoms with E-state index in [0.717, 1.165) is 12.8 Å². The summed E-state index contributed by atoms with van der Waals surface area (Å²) in [5.41, 5.74) is 4.25. The highest BCUT2D eigenvalue weighted by atomic mass is 35.5. The van der Waals surface area contributed by atoms with Crippen LogP contribution < -0.4 is 0 Å². The Bertz CT molecular complexity index is 504. The van der Waals surface area contributed by atoms with Crippen LogP contribution in [0.3, 0.4) is 0 Å². The first-order valence-electron chi connectivity index (χ1n) is 6.10. The highest BCUT2D eigenvalue weighted by Gasteiger charge is 2.31. The monoisotopic (exact) mass is 242 g/mol. The Morgan fingerprint density at radius 3 is 2.47 bits per heavy atom. The Morgan fingerprint density at radius 1 is 1.00 bits per heavy atom. The molecule has 2 aromatic carbocycles. The van der Waals surface area contributed by atoms with Gasteiger partial charge in [-0.05, 0) is 29.5 Å². The maximum absolute atomic E-state index is 6.54. The molecule has 0 nitrogen and oxygen atoms in total. The Balaban J connectivity index is 1.72. The molecule has 0 bridgehead atoms. The van der Waals surface area contributed by atoms with E-state index in [9.17, 15) is 0 Å². The molecule has 3 rings (SSSR count). The van der Waals surface area contributed by atoms with E-state index in [-0.39, 0.29) is 5.38 Å². The predicted molar refractivity (Wildman–Crippen MR) is 72.7 cm³/mol. The molecule has 0 amide bonds. The van der Waals surface area contributed by atoms with Crippen LogP contribution in [-0.2, 0) is 12.8 Å². The molecule has 0 fully saturated rings. The van der Waals surface area contributed by atoms with Gasteiger partial charge in [0.05, 0.1) is 0 Å². The van der Waals surface area contributed by atoms with Crippen molar-refractivity contribution in [3.63, 3.8) is 0 Å². The zero-order valence-corrected chi connectivity index (χ0v) is 10.4. The summed E-state index contributed by atoms with van der Waals surface area (Å²) in [6, 6.07) is 19.1. The molecule has 0 saturated heterocycles. The average Bonchev–Trinajstić information content (AvgIpc) is 2.32. The summed E-state index contributed by atoms with van der Waals surface area (Å²) in [4.78, 5) is 0. The molecule has 0 aliphatic heterocycles. The fraction of sp³-hybridized carbons (Fsp3) is 0.250.